The van der Waals surface area contributed by atoms with Gasteiger partial charge in [-0.3, -0.25) is 9.69 Å². The van der Waals surface area contributed by atoms with Crippen LogP contribution in [-0.2, 0) is 4.79 Å². The molecule has 0 radical (unpaired) electrons. The van der Waals surface area contributed by atoms with Crippen LogP contribution >= 0.6 is 0 Å². The van der Waals surface area contributed by atoms with Crippen LogP contribution in [0.5, 0.6) is 0 Å². The van der Waals surface area contributed by atoms with Crippen molar-refractivity contribution in [1.29, 1.82) is 0 Å². The zero-order chi connectivity index (χ0) is 10.9. The van der Waals surface area contributed by atoms with Gasteiger partial charge in [-0.25, -0.2) is 0 Å². The molecule has 82 valence electrons. The number of nitrogens with zero attached hydrogens (tertiary/aromatic N) is 1. The molecule has 1 rings (SSSR count). The van der Waals surface area contributed by atoms with Crippen LogP contribution in [0.25, 0.3) is 0 Å². The van der Waals surface area contributed by atoms with Crippen molar-refractivity contribution in [1.82, 2.24) is 4.90 Å². The number of nitrogens with two attached hydrogens (primary N) is 1. The Morgan fingerprint density at radius 3 is 2.50 bits per heavy atom. The first-order valence-electron chi connectivity index (χ1n) is 5.44. The second kappa shape index (κ2) is 3.89. The van der Waals surface area contributed by atoms with Crippen molar-refractivity contribution in [3.05, 3.63) is 0 Å². The van der Waals surface area contributed by atoms with Gasteiger partial charge in [-0.1, -0.05) is 13.8 Å². The average Bonchev–Trinajstić information content (AvgIpc) is 2.26. The summed E-state index contributed by atoms with van der Waals surface area (Å²) < 4.78 is 0. The maximum Gasteiger partial charge on any atom is 0.234 e. The molecule has 0 aromatic carbocycles. The number of carbonyl (C=O) groups excluding carboxylic acids is 1. The summed E-state index contributed by atoms with van der Waals surface area (Å²) in [5.41, 5.74) is 5.53. The molecular formula is C11H22N2O. The first-order valence-corrected chi connectivity index (χ1v) is 5.44. The summed E-state index contributed by atoms with van der Waals surface area (Å²) in [6.45, 7) is 9.64. The smallest absolute Gasteiger partial charge is 0.234 e. The summed E-state index contributed by atoms with van der Waals surface area (Å²) in [5.74, 6) is 0.480. The molecule has 2 N–H and O–H groups in total. The lowest BCUT2D eigenvalue weighted by atomic mass is 9.96. The zero-order valence-corrected chi connectivity index (χ0v) is 9.71. The minimum absolute atomic E-state index is 0.0880. The molecule has 1 aliphatic heterocycles. The Balaban J connectivity index is 2.80. The molecule has 3 nitrogen and oxygen atoms in total. The van der Waals surface area contributed by atoms with Gasteiger partial charge in [0.1, 0.15) is 0 Å². The van der Waals surface area contributed by atoms with E-state index >= 15 is 0 Å². The first-order chi connectivity index (χ1) is 6.38. The Kier molecular flexibility index (Phi) is 3.20. The molecule has 1 heterocycles. The number of primary amides is 1. The van der Waals surface area contributed by atoms with E-state index in [-0.39, 0.29) is 17.5 Å². The van der Waals surface area contributed by atoms with E-state index in [2.05, 4.69) is 25.7 Å². The molecule has 2 atom stereocenters. The van der Waals surface area contributed by atoms with Crippen LogP contribution < -0.4 is 5.73 Å². The van der Waals surface area contributed by atoms with E-state index in [1.165, 1.54) is 0 Å². The Hall–Kier alpha value is -0.570. The predicted molar refractivity (Wildman–Crippen MR) is 57.8 cm³/mol. The predicted octanol–water partition coefficient (Wildman–Crippen LogP) is 1.37. The number of likely N-dealkylation sites (tertiary alicyclic amines) is 1. The van der Waals surface area contributed by atoms with Gasteiger partial charge in [-0.05, 0) is 32.6 Å². The van der Waals surface area contributed by atoms with Gasteiger partial charge in [-0.2, -0.15) is 0 Å². The number of hydrogen-bond acceptors (Lipinski definition) is 2. The van der Waals surface area contributed by atoms with Gasteiger partial charge in [0.15, 0.2) is 0 Å². The first kappa shape index (κ1) is 11.5. The molecule has 0 aromatic rings. The van der Waals surface area contributed by atoms with Gasteiger partial charge in [0.25, 0.3) is 0 Å². The number of carbonyl (C=O) groups is 1. The SMILES string of the molecule is CCC(C(N)=O)N1CC(C)CC1(C)C. The third-order valence-electron chi connectivity index (χ3n) is 3.23. The third kappa shape index (κ3) is 2.08. The van der Waals surface area contributed by atoms with Crippen LogP contribution in [0.1, 0.15) is 40.5 Å². The van der Waals surface area contributed by atoms with Crippen molar-refractivity contribution >= 4 is 5.91 Å². The number of rotatable bonds is 3. The van der Waals surface area contributed by atoms with Gasteiger partial charge in [0.2, 0.25) is 5.91 Å². The van der Waals surface area contributed by atoms with Crippen molar-refractivity contribution in [2.75, 3.05) is 6.54 Å². The lowest BCUT2D eigenvalue weighted by molar-refractivity contribution is -0.124. The van der Waals surface area contributed by atoms with Crippen LogP contribution in [0.15, 0.2) is 0 Å². The molecular weight excluding hydrogens is 176 g/mol. The second-order valence-electron chi connectivity index (χ2n) is 5.10. The van der Waals surface area contributed by atoms with Crippen LogP contribution in [0.2, 0.25) is 0 Å². The van der Waals surface area contributed by atoms with Gasteiger partial charge >= 0.3 is 0 Å². The van der Waals surface area contributed by atoms with E-state index in [0.717, 1.165) is 19.4 Å². The van der Waals surface area contributed by atoms with E-state index in [4.69, 9.17) is 5.73 Å². The highest BCUT2D eigenvalue weighted by Gasteiger charge is 2.41. The topological polar surface area (TPSA) is 46.3 Å². The van der Waals surface area contributed by atoms with Gasteiger partial charge in [0, 0.05) is 12.1 Å². The molecule has 1 amide bonds. The minimum atomic E-state index is -0.185. The summed E-state index contributed by atoms with van der Waals surface area (Å²) in [7, 11) is 0. The fourth-order valence-corrected chi connectivity index (χ4v) is 2.74. The average molecular weight is 198 g/mol. The van der Waals surface area contributed by atoms with Crippen molar-refractivity contribution in [3.8, 4) is 0 Å². The summed E-state index contributed by atoms with van der Waals surface area (Å²) in [6.07, 6.45) is 1.96. The molecule has 0 aliphatic carbocycles. The normalized spacial score (nSPS) is 29.0. The van der Waals surface area contributed by atoms with Crippen LogP contribution in [-0.4, -0.2) is 28.9 Å². The van der Waals surface area contributed by atoms with E-state index in [1.807, 2.05) is 6.92 Å². The van der Waals surface area contributed by atoms with Crippen LogP contribution in [0, 0.1) is 5.92 Å². The van der Waals surface area contributed by atoms with Crippen LogP contribution in [0.4, 0.5) is 0 Å². The maximum atomic E-state index is 11.3. The summed E-state index contributed by atoms with van der Waals surface area (Å²) in [5, 5.41) is 0. The highest BCUT2D eigenvalue weighted by molar-refractivity contribution is 5.79. The monoisotopic (exact) mass is 198 g/mol. The fourth-order valence-electron chi connectivity index (χ4n) is 2.74. The quantitative estimate of drug-likeness (QED) is 0.744. The van der Waals surface area contributed by atoms with Crippen molar-refractivity contribution in [2.45, 2.75) is 52.1 Å². The van der Waals surface area contributed by atoms with Crippen LogP contribution in [0.3, 0.4) is 0 Å². The molecule has 0 spiro atoms. The van der Waals surface area contributed by atoms with Gasteiger partial charge in [-0.15, -0.1) is 0 Å². The standard InChI is InChI=1S/C11H22N2O/c1-5-9(10(12)14)13-7-8(2)6-11(13,3)4/h8-9H,5-7H2,1-4H3,(H2,12,14). The van der Waals surface area contributed by atoms with Crippen molar-refractivity contribution < 1.29 is 4.79 Å². The Morgan fingerprint density at radius 2 is 2.21 bits per heavy atom. The molecule has 0 saturated carbocycles. The Bertz CT molecular complexity index is 225. The van der Waals surface area contributed by atoms with Crippen molar-refractivity contribution in [3.63, 3.8) is 0 Å². The lowest BCUT2D eigenvalue weighted by Gasteiger charge is -2.36. The van der Waals surface area contributed by atoms with Crippen molar-refractivity contribution in [2.24, 2.45) is 11.7 Å². The summed E-state index contributed by atoms with van der Waals surface area (Å²) >= 11 is 0. The maximum absolute atomic E-state index is 11.3. The fraction of sp³-hybridized carbons (Fsp3) is 0.909. The lowest BCUT2D eigenvalue weighted by Crippen LogP contribution is -2.51. The van der Waals surface area contributed by atoms with E-state index in [1.54, 1.807) is 0 Å². The van der Waals surface area contributed by atoms with E-state index in [9.17, 15) is 4.79 Å². The van der Waals surface area contributed by atoms with Gasteiger partial charge in [0.05, 0.1) is 6.04 Å². The molecule has 2 unspecified atom stereocenters. The molecule has 3 heteroatoms. The molecule has 0 bridgehead atoms. The van der Waals surface area contributed by atoms with E-state index < -0.39 is 0 Å². The molecule has 1 saturated heterocycles. The molecule has 14 heavy (non-hydrogen) atoms. The highest BCUT2D eigenvalue weighted by atomic mass is 16.1. The minimum Gasteiger partial charge on any atom is -0.368 e. The zero-order valence-electron chi connectivity index (χ0n) is 9.71. The molecule has 1 fully saturated rings. The third-order valence-corrected chi connectivity index (χ3v) is 3.23. The molecule has 1 aliphatic rings. The highest BCUT2D eigenvalue weighted by Crippen LogP contribution is 2.34. The van der Waals surface area contributed by atoms with E-state index in [0.29, 0.717) is 5.92 Å². The summed E-state index contributed by atoms with van der Waals surface area (Å²) in [4.78, 5) is 13.6. The number of amides is 1. The Labute approximate surface area is 86.6 Å². The Morgan fingerprint density at radius 1 is 1.64 bits per heavy atom. The van der Waals surface area contributed by atoms with Gasteiger partial charge < -0.3 is 5.73 Å². The molecule has 0 aromatic heterocycles. The number of hydrogen-bond donors (Lipinski definition) is 1. The summed E-state index contributed by atoms with van der Waals surface area (Å²) in [6, 6.07) is -0.0880. The largest absolute Gasteiger partial charge is 0.368 e. The second-order valence-corrected chi connectivity index (χ2v) is 5.10.